The molecule has 0 aliphatic carbocycles. The van der Waals surface area contributed by atoms with Crippen molar-refractivity contribution < 1.29 is 29.1 Å². The summed E-state index contributed by atoms with van der Waals surface area (Å²) < 4.78 is 11.9. The SMILES string of the molecule is COC(=O)N(c1ccc(C(=O)O)cc1)C1(C)Cn2cc([N+](=O)[O-])nc2O1. The summed E-state index contributed by atoms with van der Waals surface area (Å²) in [5, 5.41) is 19.8. The molecule has 1 atom stereocenters. The fourth-order valence-electron chi connectivity index (χ4n) is 2.75. The van der Waals surface area contributed by atoms with Crippen molar-refractivity contribution in [3.8, 4) is 6.01 Å². The van der Waals surface area contributed by atoms with E-state index in [1.807, 2.05) is 0 Å². The number of hydrogen-bond acceptors (Lipinski definition) is 7. The summed E-state index contributed by atoms with van der Waals surface area (Å²) in [6, 6.07) is 5.57. The molecule has 0 saturated carbocycles. The average Bonchev–Trinajstić information content (AvgIpc) is 3.10. The first-order valence-corrected chi connectivity index (χ1v) is 7.37. The van der Waals surface area contributed by atoms with Crippen LogP contribution in [-0.2, 0) is 11.3 Å². The van der Waals surface area contributed by atoms with E-state index in [-0.39, 0.29) is 23.9 Å². The minimum absolute atomic E-state index is 0.00439. The number of nitrogens with zero attached hydrogens (tertiary/aromatic N) is 4. The molecule has 1 aromatic carbocycles. The van der Waals surface area contributed by atoms with E-state index in [1.165, 1.54) is 47.0 Å². The van der Waals surface area contributed by atoms with E-state index < -0.39 is 22.7 Å². The lowest BCUT2D eigenvalue weighted by Crippen LogP contribution is -2.54. The zero-order valence-electron chi connectivity index (χ0n) is 13.8. The molecule has 2 aromatic rings. The molecule has 1 N–H and O–H groups in total. The number of methoxy groups -OCH3 is 1. The number of carboxylic acids is 1. The summed E-state index contributed by atoms with van der Waals surface area (Å²) >= 11 is 0. The predicted octanol–water partition coefficient (Wildman–Crippen LogP) is 1.87. The number of ether oxygens (including phenoxy) is 2. The number of rotatable bonds is 4. The highest BCUT2D eigenvalue weighted by atomic mass is 16.6. The van der Waals surface area contributed by atoms with Crippen molar-refractivity contribution in [3.63, 3.8) is 0 Å². The van der Waals surface area contributed by atoms with E-state index in [2.05, 4.69) is 4.98 Å². The van der Waals surface area contributed by atoms with Gasteiger partial charge in [0, 0.05) is 4.98 Å². The molecule has 1 aliphatic heterocycles. The summed E-state index contributed by atoms with van der Waals surface area (Å²) in [5.74, 6) is -1.46. The summed E-state index contributed by atoms with van der Waals surface area (Å²) in [5.41, 5.74) is -0.876. The number of carboxylic acid groups (broad SMARTS) is 1. The van der Waals surface area contributed by atoms with Crippen LogP contribution in [0.1, 0.15) is 17.3 Å². The summed E-state index contributed by atoms with van der Waals surface area (Å²) in [6.07, 6.45) is 0.472. The second-order valence-electron chi connectivity index (χ2n) is 5.70. The minimum Gasteiger partial charge on any atom is -0.478 e. The largest absolute Gasteiger partial charge is 0.478 e. The van der Waals surface area contributed by atoms with Gasteiger partial charge in [-0.25, -0.2) is 14.5 Å². The van der Waals surface area contributed by atoms with Crippen LogP contribution in [0.4, 0.5) is 16.3 Å². The third kappa shape index (κ3) is 2.79. The first-order valence-electron chi connectivity index (χ1n) is 7.37. The molecule has 0 radical (unpaired) electrons. The maximum atomic E-state index is 12.3. The van der Waals surface area contributed by atoms with Crippen molar-refractivity contribution in [1.29, 1.82) is 0 Å². The van der Waals surface area contributed by atoms with Crippen LogP contribution >= 0.6 is 0 Å². The van der Waals surface area contributed by atoms with Crippen molar-refractivity contribution in [2.24, 2.45) is 0 Å². The van der Waals surface area contributed by atoms with Crippen LogP contribution in [-0.4, -0.2) is 44.5 Å². The second-order valence-corrected chi connectivity index (χ2v) is 5.70. The Morgan fingerprint density at radius 1 is 1.42 bits per heavy atom. The standard InChI is InChI=1S/C15H14N4O7/c1-15(8-17-7-11(19(23)24)16-13(17)26-15)18(14(22)25-2)10-5-3-9(4-6-10)12(20)21/h3-7H,8H2,1-2H3,(H,20,21). The van der Waals surface area contributed by atoms with Gasteiger partial charge in [0.15, 0.2) is 0 Å². The van der Waals surface area contributed by atoms with Crippen molar-refractivity contribution in [2.75, 3.05) is 12.0 Å². The number of fused-ring (bicyclic) bond motifs is 1. The number of imidazole rings is 1. The summed E-state index contributed by atoms with van der Waals surface area (Å²) in [6.45, 7) is 1.66. The van der Waals surface area contributed by atoms with Gasteiger partial charge in [-0.2, -0.15) is 0 Å². The van der Waals surface area contributed by atoms with E-state index in [0.717, 1.165) is 0 Å². The Labute approximate surface area is 146 Å². The Bertz CT molecular complexity index is 866. The fraction of sp³-hybridized carbons (Fsp3) is 0.267. The number of hydrogen-bond donors (Lipinski definition) is 1. The molecule has 1 amide bonds. The van der Waals surface area contributed by atoms with E-state index >= 15 is 0 Å². The monoisotopic (exact) mass is 362 g/mol. The number of anilines is 1. The third-order valence-corrected chi connectivity index (χ3v) is 3.89. The Kier molecular flexibility index (Phi) is 3.98. The van der Waals surface area contributed by atoms with Gasteiger partial charge in [-0.05, 0) is 36.1 Å². The third-order valence-electron chi connectivity index (χ3n) is 3.89. The van der Waals surface area contributed by atoms with Crippen LogP contribution in [0.25, 0.3) is 0 Å². The molecule has 0 spiro atoms. The number of nitro groups is 1. The fourth-order valence-corrected chi connectivity index (χ4v) is 2.75. The normalized spacial score (nSPS) is 17.9. The molecular formula is C15H14N4O7. The van der Waals surface area contributed by atoms with Gasteiger partial charge >= 0.3 is 23.9 Å². The van der Waals surface area contributed by atoms with Gasteiger partial charge in [0.1, 0.15) is 6.20 Å². The molecule has 3 rings (SSSR count). The lowest BCUT2D eigenvalue weighted by atomic mass is 10.1. The van der Waals surface area contributed by atoms with Crippen LogP contribution in [0.2, 0.25) is 0 Å². The first kappa shape index (κ1) is 17.2. The second kappa shape index (κ2) is 6.02. The quantitative estimate of drug-likeness (QED) is 0.643. The lowest BCUT2D eigenvalue weighted by molar-refractivity contribution is -0.389. The number of aromatic nitrogens is 2. The maximum Gasteiger partial charge on any atom is 0.417 e. The number of benzene rings is 1. The summed E-state index contributed by atoms with van der Waals surface area (Å²) in [4.78, 5) is 38.5. The molecule has 0 fully saturated rings. The van der Waals surface area contributed by atoms with Crippen LogP contribution in [0.3, 0.4) is 0 Å². The molecule has 1 aromatic heterocycles. The molecule has 26 heavy (non-hydrogen) atoms. The molecule has 0 bridgehead atoms. The molecule has 2 heterocycles. The van der Waals surface area contributed by atoms with Crippen molar-refractivity contribution in [3.05, 3.63) is 46.1 Å². The molecule has 11 heteroatoms. The van der Waals surface area contributed by atoms with Gasteiger partial charge in [-0.1, -0.05) is 0 Å². The van der Waals surface area contributed by atoms with Crippen LogP contribution < -0.4 is 9.64 Å². The molecule has 1 aliphatic rings. The molecule has 11 nitrogen and oxygen atoms in total. The Hall–Kier alpha value is -3.63. The van der Waals surface area contributed by atoms with Gasteiger partial charge < -0.3 is 24.7 Å². The highest BCUT2D eigenvalue weighted by Crippen LogP contribution is 2.36. The molecule has 0 saturated heterocycles. The molecular weight excluding hydrogens is 348 g/mol. The zero-order chi connectivity index (χ0) is 19.1. The predicted molar refractivity (Wildman–Crippen MR) is 86.2 cm³/mol. The first-order chi connectivity index (χ1) is 12.2. The van der Waals surface area contributed by atoms with Crippen molar-refractivity contribution >= 4 is 23.6 Å². The number of aromatic carboxylic acids is 1. The molecule has 136 valence electrons. The molecule has 1 unspecified atom stereocenters. The minimum atomic E-state index is -1.27. The van der Waals surface area contributed by atoms with Crippen LogP contribution in [0.15, 0.2) is 30.5 Å². The Morgan fingerprint density at radius 3 is 2.58 bits per heavy atom. The van der Waals surface area contributed by atoms with Gasteiger partial charge in [0.25, 0.3) is 0 Å². The van der Waals surface area contributed by atoms with Crippen LogP contribution in [0.5, 0.6) is 6.01 Å². The van der Waals surface area contributed by atoms with E-state index in [1.54, 1.807) is 6.92 Å². The summed E-state index contributed by atoms with van der Waals surface area (Å²) in [7, 11) is 1.20. The highest BCUT2D eigenvalue weighted by molar-refractivity contribution is 5.91. The van der Waals surface area contributed by atoms with Crippen molar-refractivity contribution in [2.45, 2.75) is 19.2 Å². The highest BCUT2D eigenvalue weighted by Gasteiger charge is 2.48. The lowest BCUT2D eigenvalue weighted by Gasteiger charge is -2.34. The van der Waals surface area contributed by atoms with Crippen molar-refractivity contribution in [1.82, 2.24) is 9.55 Å². The van der Waals surface area contributed by atoms with E-state index in [4.69, 9.17) is 14.6 Å². The number of carbonyl (C=O) groups is 2. The van der Waals surface area contributed by atoms with E-state index in [0.29, 0.717) is 5.69 Å². The maximum absolute atomic E-state index is 12.3. The Morgan fingerprint density at radius 2 is 2.08 bits per heavy atom. The van der Waals surface area contributed by atoms with Gasteiger partial charge in [0.2, 0.25) is 5.72 Å². The van der Waals surface area contributed by atoms with E-state index in [9.17, 15) is 19.7 Å². The zero-order valence-corrected chi connectivity index (χ0v) is 13.8. The Balaban J connectivity index is 1.95. The number of amides is 1. The van der Waals surface area contributed by atoms with Gasteiger partial charge in [-0.3, -0.25) is 4.57 Å². The van der Waals surface area contributed by atoms with Crippen LogP contribution in [0, 0.1) is 10.1 Å². The topological polar surface area (TPSA) is 137 Å². The number of carbonyl (C=O) groups excluding carboxylic acids is 1. The smallest absolute Gasteiger partial charge is 0.417 e. The average molecular weight is 362 g/mol. The van der Waals surface area contributed by atoms with Gasteiger partial charge in [0.05, 0.1) is 24.9 Å². The van der Waals surface area contributed by atoms with Gasteiger partial charge in [-0.15, -0.1) is 0 Å².